The molecule has 0 amide bonds. The van der Waals surface area contributed by atoms with E-state index in [1.807, 2.05) is 24.4 Å². The van der Waals surface area contributed by atoms with Crippen molar-refractivity contribution in [2.24, 2.45) is 0 Å². The highest BCUT2D eigenvalue weighted by Crippen LogP contribution is 2.32. The van der Waals surface area contributed by atoms with E-state index in [9.17, 15) is 0 Å². The monoisotopic (exact) mass is 190 g/mol. The summed E-state index contributed by atoms with van der Waals surface area (Å²) in [6, 6.07) is 3.94. The summed E-state index contributed by atoms with van der Waals surface area (Å²) in [6.45, 7) is 0.714. The molecule has 14 heavy (non-hydrogen) atoms. The average molecular weight is 190 g/mol. The van der Waals surface area contributed by atoms with Gasteiger partial charge >= 0.3 is 0 Å². The van der Waals surface area contributed by atoms with Gasteiger partial charge in [-0.15, -0.1) is 0 Å². The van der Waals surface area contributed by atoms with Crippen LogP contribution in [0.5, 0.6) is 11.5 Å². The first kappa shape index (κ1) is 8.94. The molecule has 73 valence electrons. The van der Waals surface area contributed by atoms with Crippen LogP contribution >= 0.6 is 0 Å². The van der Waals surface area contributed by atoms with Gasteiger partial charge < -0.3 is 9.47 Å². The van der Waals surface area contributed by atoms with Crippen LogP contribution in [0.3, 0.4) is 0 Å². The molecule has 2 rings (SSSR count). The van der Waals surface area contributed by atoms with E-state index in [0.29, 0.717) is 6.54 Å². The zero-order valence-electron chi connectivity index (χ0n) is 8.28. The number of hydrogen-bond donors (Lipinski definition) is 0. The van der Waals surface area contributed by atoms with Crippen LogP contribution in [-0.4, -0.2) is 14.2 Å². The first-order chi connectivity index (χ1) is 6.85. The molecule has 0 unspecified atom stereocenters. The summed E-state index contributed by atoms with van der Waals surface area (Å²) in [7, 11) is 3.28. The van der Waals surface area contributed by atoms with Crippen LogP contribution in [0.2, 0.25) is 0 Å². The number of methoxy groups -OCH3 is 2. The molecule has 0 atom stereocenters. The van der Waals surface area contributed by atoms with Crippen molar-refractivity contribution in [1.82, 2.24) is 5.32 Å². The molecular weight excluding hydrogens is 178 g/mol. The quantitative estimate of drug-likeness (QED) is 0.712. The normalized spacial score (nSPS) is 13.0. The van der Waals surface area contributed by atoms with Crippen molar-refractivity contribution in [3.8, 4) is 11.5 Å². The van der Waals surface area contributed by atoms with Crippen molar-refractivity contribution in [3.05, 3.63) is 29.5 Å². The van der Waals surface area contributed by atoms with Gasteiger partial charge in [-0.2, -0.15) is 0 Å². The minimum absolute atomic E-state index is 0.714. The highest BCUT2D eigenvalue weighted by atomic mass is 16.5. The summed E-state index contributed by atoms with van der Waals surface area (Å²) in [5, 5.41) is 4.17. The smallest absolute Gasteiger partial charge is 0.161 e. The Morgan fingerprint density at radius 3 is 2.57 bits per heavy atom. The molecule has 0 aromatic heterocycles. The Morgan fingerprint density at radius 2 is 1.86 bits per heavy atom. The van der Waals surface area contributed by atoms with Crippen LogP contribution in [0.25, 0.3) is 6.08 Å². The zero-order valence-corrected chi connectivity index (χ0v) is 8.28. The summed E-state index contributed by atoms with van der Waals surface area (Å²) in [5.74, 6) is 1.52. The molecule has 1 radical (unpaired) electrons. The Bertz CT molecular complexity index is 372. The van der Waals surface area contributed by atoms with Crippen LogP contribution in [0.1, 0.15) is 11.1 Å². The van der Waals surface area contributed by atoms with E-state index >= 15 is 0 Å². The van der Waals surface area contributed by atoms with Gasteiger partial charge in [-0.3, -0.25) is 5.32 Å². The van der Waals surface area contributed by atoms with Gasteiger partial charge in [-0.1, -0.05) is 0 Å². The molecule has 0 bridgehead atoms. The fourth-order valence-corrected chi connectivity index (χ4v) is 1.51. The van der Waals surface area contributed by atoms with E-state index in [1.165, 1.54) is 5.56 Å². The number of fused-ring (bicyclic) bond motifs is 1. The van der Waals surface area contributed by atoms with Crippen molar-refractivity contribution >= 4 is 6.08 Å². The molecule has 1 heterocycles. The zero-order chi connectivity index (χ0) is 9.97. The van der Waals surface area contributed by atoms with Gasteiger partial charge in [0.2, 0.25) is 0 Å². The molecule has 3 nitrogen and oxygen atoms in total. The molecule has 1 aromatic rings. The second-order valence-corrected chi connectivity index (χ2v) is 3.06. The van der Waals surface area contributed by atoms with Crippen LogP contribution in [-0.2, 0) is 6.54 Å². The largest absolute Gasteiger partial charge is 0.493 e. The molecule has 0 fully saturated rings. The summed E-state index contributed by atoms with van der Waals surface area (Å²) in [5.41, 5.74) is 2.32. The summed E-state index contributed by atoms with van der Waals surface area (Å²) < 4.78 is 10.4. The maximum absolute atomic E-state index is 5.21. The lowest BCUT2D eigenvalue weighted by Gasteiger charge is -2.14. The molecular formula is C11H12NO2. The van der Waals surface area contributed by atoms with E-state index in [4.69, 9.17) is 9.47 Å². The van der Waals surface area contributed by atoms with Gasteiger partial charge in [0.15, 0.2) is 11.5 Å². The van der Waals surface area contributed by atoms with Crippen LogP contribution in [0.15, 0.2) is 18.3 Å². The van der Waals surface area contributed by atoms with E-state index in [2.05, 4.69) is 5.32 Å². The maximum atomic E-state index is 5.21. The number of ether oxygens (including phenoxy) is 2. The van der Waals surface area contributed by atoms with Gasteiger partial charge in [0.1, 0.15) is 0 Å². The molecule has 3 heteroatoms. The number of benzene rings is 1. The Morgan fingerprint density at radius 1 is 1.14 bits per heavy atom. The second-order valence-electron chi connectivity index (χ2n) is 3.06. The Balaban J connectivity index is 2.50. The lowest BCUT2D eigenvalue weighted by atomic mass is 10.0. The predicted molar refractivity (Wildman–Crippen MR) is 54.4 cm³/mol. The molecule has 1 aliphatic rings. The standard InChI is InChI=1S/C11H12NO2/c1-13-10-5-8-3-4-12-7-9(8)6-11(10)14-2/h3-6H,7H2,1-2H3. The minimum atomic E-state index is 0.714. The molecule has 1 aliphatic heterocycles. The lowest BCUT2D eigenvalue weighted by Crippen LogP contribution is -2.04. The van der Waals surface area contributed by atoms with E-state index in [0.717, 1.165) is 17.1 Å². The summed E-state index contributed by atoms with van der Waals surface area (Å²) in [4.78, 5) is 0. The van der Waals surface area contributed by atoms with Gasteiger partial charge in [-0.25, -0.2) is 0 Å². The SMILES string of the molecule is COc1cc2c(cc1OC)C[N]C=C2. The number of hydrogen-bond acceptors (Lipinski definition) is 2. The van der Waals surface area contributed by atoms with Crippen molar-refractivity contribution in [1.29, 1.82) is 0 Å². The van der Waals surface area contributed by atoms with Gasteiger partial charge in [-0.05, 0) is 29.3 Å². The van der Waals surface area contributed by atoms with E-state index < -0.39 is 0 Å². The van der Waals surface area contributed by atoms with Crippen molar-refractivity contribution < 1.29 is 9.47 Å². The first-order valence-electron chi connectivity index (χ1n) is 4.43. The molecule has 0 N–H and O–H groups in total. The fourth-order valence-electron chi connectivity index (χ4n) is 1.51. The Labute approximate surface area is 83.3 Å². The van der Waals surface area contributed by atoms with Gasteiger partial charge in [0.25, 0.3) is 0 Å². The molecule has 1 aromatic carbocycles. The third-order valence-electron chi connectivity index (χ3n) is 2.27. The topological polar surface area (TPSA) is 32.6 Å². The number of nitrogens with zero attached hydrogens (tertiary/aromatic N) is 1. The fraction of sp³-hybridized carbons (Fsp3) is 0.273. The predicted octanol–water partition coefficient (Wildman–Crippen LogP) is 1.79. The highest BCUT2D eigenvalue weighted by Gasteiger charge is 2.11. The molecule has 0 aliphatic carbocycles. The summed E-state index contributed by atoms with van der Waals surface area (Å²) in [6.07, 6.45) is 3.79. The third-order valence-corrected chi connectivity index (χ3v) is 2.27. The molecule has 0 saturated carbocycles. The van der Waals surface area contributed by atoms with Crippen molar-refractivity contribution in [2.45, 2.75) is 6.54 Å². The number of rotatable bonds is 2. The first-order valence-corrected chi connectivity index (χ1v) is 4.43. The average Bonchev–Trinajstić information content (AvgIpc) is 2.27. The Kier molecular flexibility index (Phi) is 2.31. The van der Waals surface area contributed by atoms with Gasteiger partial charge in [0.05, 0.1) is 20.8 Å². The third kappa shape index (κ3) is 1.41. The van der Waals surface area contributed by atoms with E-state index in [-0.39, 0.29) is 0 Å². The van der Waals surface area contributed by atoms with Crippen LogP contribution in [0.4, 0.5) is 0 Å². The van der Waals surface area contributed by atoms with Crippen LogP contribution in [0, 0.1) is 0 Å². The van der Waals surface area contributed by atoms with Crippen molar-refractivity contribution in [3.63, 3.8) is 0 Å². The van der Waals surface area contributed by atoms with Crippen LogP contribution < -0.4 is 14.8 Å². The second kappa shape index (κ2) is 3.62. The molecule has 0 saturated heterocycles. The van der Waals surface area contributed by atoms with Gasteiger partial charge in [0, 0.05) is 6.20 Å². The maximum Gasteiger partial charge on any atom is 0.161 e. The van der Waals surface area contributed by atoms with E-state index in [1.54, 1.807) is 14.2 Å². The van der Waals surface area contributed by atoms with Crippen molar-refractivity contribution in [2.75, 3.05) is 14.2 Å². The highest BCUT2D eigenvalue weighted by molar-refractivity contribution is 5.61. The molecule has 0 spiro atoms. The minimum Gasteiger partial charge on any atom is -0.493 e. The Hall–Kier alpha value is -1.64. The summed E-state index contributed by atoms with van der Waals surface area (Å²) >= 11 is 0. The lowest BCUT2D eigenvalue weighted by molar-refractivity contribution is 0.354.